The van der Waals surface area contributed by atoms with Gasteiger partial charge in [0.1, 0.15) is 0 Å². The zero-order valence-corrected chi connectivity index (χ0v) is 20.7. The smallest absolute Gasteiger partial charge is 0.251 e. The number of fused-ring (bicyclic) bond motifs is 3. The molecule has 2 bridgehead atoms. The third-order valence-corrected chi connectivity index (χ3v) is 8.14. The van der Waals surface area contributed by atoms with Crippen molar-refractivity contribution in [3.8, 4) is 0 Å². The van der Waals surface area contributed by atoms with E-state index in [1.807, 2.05) is 43.3 Å². The minimum atomic E-state index is 0.0424. The third-order valence-electron chi connectivity index (χ3n) is 8.14. The number of nitrogens with one attached hydrogen (secondary N) is 1. The average molecular weight is 462 g/mol. The minimum Gasteiger partial charge on any atom is -0.378 e. The van der Waals surface area contributed by atoms with Gasteiger partial charge in [-0.25, -0.2) is 0 Å². The molecular weight excluding hydrogens is 422 g/mol. The molecule has 4 heterocycles. The fraction of sp³-hybridized carbons (Fsp3) is 0.536. The van der Waals surface area contributed by atoms with Gasteiger partial charge in [-0.1, -0.05) is 18.2 Å². The molecule has 1 amide bonds. The molecular formula is C28H39N5O. The Morgan fingerprint density at radius 2 is 1.71 bits per heavy atom. The molecule has 0 spiro atoms. The first-order valence-corrected chi connectivity index (χ1v) is 12.9. The van der Waals surface area contributed by atoms with Crippen LogP contribution in [0, 0.1) is 11.8 Å². The highest BCUT2D eigenvalue weighted by molar-refractivity contribution is 5.94. The van der Waals surface area contributed by atoms with E-state index in [2.05, 4.69) is 50.3 Å². The molecule has 0 saturated carbocycles. The second-order valence-corrected chi connectivity index (χ2v) is 10.5. The zero-order valence-electron chi connectivity index (χ0n) is 20.7. The van der Waals surface area contributed by atoms with E-state index < -0.39 is 0 Å². The minimum absolute atomic E-state index is 0.0424. The number of piperidine rings is 3. The molecule has 6 nitrogen and oxygen atoms in total. The number of rotatable bonds is 7. The number of amides is 1. The van der Waals surface area contributed by atoms with E-state index in [9.17, 15) is 4.79 Å². The summed E-state index contributed by atoms with van der Waals surface area (Å²) in [7, 11) is 4.03. The van der Waals surface area contributed by atoms with E-state index in [0.717, 1.165) is 55.8 Å². The largest absolute Gasteiger partial charge is 0.378 e. The Hall–Kier alpha value is -2.57. The monoisotopic (exact) mass is 461 g/mol. The summed E-state index contributed by atoms with van der Waals surface area (Å²) in [5.41, 5.74) is 3.21. The molecule has 4 aliphatic heterocycles. The quantitative estimate of drug-likeness (QED) is 0.687. The predicted molar refractivity (Wildman–Crippen MR) is 140 cm³/mol. The van der Waals surface area contributed by atoms with Crippen LogP contribution in [0.15, 0.2) is 54.6 Å². The van der Waals surface area contributed by atoms with Crippen molar-refractivity contribution in [1.29, 1.82) is 0 Å². The summed E-state index contributed by atoms with van der Waals surface area (Å²) in [5, 5.41) is 3.21. The highest BCUT2D eigenvalue weighted by Gasteiger charge is 2.40. The maximum absolute atomic E-state index is 12.7. The normalized spacial score (nSPS) is 26.9. The first-order valence-electron chi connectivity index (χ1n) is 12.9. The molecule has 2 aromatic rings. The van der Waals surface area contributed by atoms with Crippen LogP contribution < -0.4 is 15.1 Å². The average Bonchev–Trinajstić information content (AvgIpc) is 2.89. The van der Waals surface area contributed by atoms with Crippen LogP contribution in [0.5, 0.6) is 0 Å². The van der Waals surface area contributed by atoms with Gasteiger partial charge in [-0.2, -0.15) is 0 Å². The molecule has 4 atom stereocenters. The second-order valence-electron chi connectivity index (χ2n) is 10.5. The van der Waals surface area contributed by atoms with Gasteiger partial charge in [0.2, 0.25) is 0 Å². The molecule has 1 N–H and O–H groups in total. The van der Waals surface area contributed by atoms with Gasteiger partial charge in [0.15, 0.2) is 0 Å². The third kappa shape index (κ3) is 5.23. The molecule has 182 valence electrons. The topological polar surface area (TPSA) is 42.1 Å². The summed E-state index contributed by atoms with van der Waals surface area (Å²) in [4.78, 5) is 22.6. The standard InChI is InChI=1S/C28H39N5O/c1-30(2)25-10-8-22(9-11-25)28(34)29-19-27-18-23-12-13-33(27)21-24(23)20-31-14-16-32(17-15-31)26-6-4-3-5-7-26/h3-11,23-24,27H,12-21H2,1-2H3,(H,29,34). The Morgan fingerprint density at radius 3 is 2.35 bits per heavy atom. The molecule has 0 radical (unpaired) electrons. The van der Waals surface area contributed by atoms with Gasteiger partial charge in [0.25, 0.3) is 5.91 Å². The summed E-state index contributed by atoms with van der Waals surface area (Å²) in [6.07, 6.45) is 2.53. The van der Waals surface area contributed by atoms with Gasteiger partial charge < -0.3 is 15.1 Å². The maximum atomic E-state index is 12.7. The fourth-order valence-electron chi connectivity index (χ4n) is 6.05. The Bertz CT molecular complexity index is 939. The fourth-order valence-corrected chi connectivity index (χ4v) is 6.05. The van der Waals surface area contributed by atoms with Crippen LogP contribution in [-0.4, -0.2) is 88.2 Å². The predicted octanol–water partition coefficient (Wildman–Crippen LogP) is 3.02. The summed E-state index contributed by atoms with van der Waals surface area (Å²) in [6, 6.07) is 19.1. The van der Waals surface area contributed by atoms with E-state index in [1.54, 1.807) is 0 Å². The lowest BCUT2D eigenvalue weighted by Gasteiger charge is -2.51. The van der Waals surface area contributed by atoms with Crippen LogP contribution in [0.25, 0.3) is 0 Å². The molecule has 4 aliphatic rings. The summed E-state index contributed by atoms with van der Waals surface area (Å²) in [5.74, 6) is 1.60. The lowest BCUT2D eigenvalue weighted by Crippen LogP contribution is -2.59. The highest BCUT2D eigenvalue weighted by atomic mass is 16.1. The van der Waals surface area contributed by atoms with Crippen molar-refractivity contribution < 1.29 is 4.79 Å². The van der Waals surface area contributed by atoms with E-state index >= 15 is 0 Å². The van der Waals surface area contributed by atoms with Gasteiger partial charge >= 0.3 is 0 Å². The van der Waals surface area contributed by atoms with Crippen molar-refractivity contribution in [2.24, 2.45) is 11.8 Å². The van der Waals surface area contributed by atoms with Crippen molar-refractivity contribution in [3.63, 3.8) is 0 Å². The Labute approximate surface area is 204 Å². The van der Waals surface area contributed by atoms with Crippen LogP contribution in [0.4, 0.5) is 11.4 Å². The summed E-state index contributed by atoms with van der Waals surface area (Å²) >= 11 is 0. The molecule has 0 aromatic heterocycles. The molecule has 4 saturated heterocycles. The zero-order chi connectivity index (χ0) is 23.5. The number of hydrogen-bond acceptors (Lipinski definition) is 5. The number of para-hydroxylation sites is 1. The second kappa shape index (κ2) is 10.4. The van der Waals surface area contributed by atoms with E-state index in [1.165, 1.54) is 38.2 Å². The van der Waals surface area contributed by atoms with Crippen LogP contribution in [0.3, 0.4) is 0 Å². The molecule has 6 rings (SSSR count). The van der Waals surface area contributed by atoms with Crippen molar-refractivity contribution in [2.45, 2.75) is 18.9 Å². The number of carbonyl (C=O) groups excluding carboxylic acids is 1. The first-order chi connectivity index (χ1) is 16.6. The Morgan fingerprint density at radius 1 is 0.971 bits per heavy atom. The van der Waals surface area contributed by atoms with Crippen LogP contribution in [0.2, 0.25) is 0 Å². The van der Waals surface area contributed by atoms with E-state index in [0.29, 0.717) is 6.04 Å². The van der Waals surface area contributed by atoms with E-state index in [4.69, 9.17) is 0 Å². The van der Waals surface area contributed by atoms with E-state index in [-0.39, 0.29) is 5.91 Å². The van der Waals surface area contributed by atoms with Crippen LogP contribution in [-0.2, 0) is 0 Å². The lowest BCUT2D eigenvalue weighted by atomic mass is 9.75. The number of piperazine rings is 1. The SMILES string of the molecule is CN(C)c1ccc(C(=O)NCC2CC3CCN2CC3CN2CCN(c3ccccc3)CC2)cc1. The van der Waals surface area contributed by atoms with Gasteiger partial charge in [-0.3, -0.25) is 14.6 Å². The van der Waals surface area contributed by atoms with Gasteiger partial charge in [-0.05, 0) is 67.6 Å². The van der Waals surface area contributed by atoms with Gasteiger partial charge in [0.05, 0.1) is 0 Å². The lowest BCUT2D eigenvalue weighted by molar-refractivity contribution is -0.0120. The number of carbonyl (C=O) groups is 1. The van der Waals surface area contributed by atoms with Crippen molar-refractivity contribution in [1.82, 2.24) is 15.1 Å². The molecule has 4 unspecified atom stereocenters. The van der Waals surface area contributed by atoms with Crippen molar-refractivity contribution >= 4 is 17.3 Å². The molecule has 34 heavy (non-hydrogen) atoms. The first kappa shape index (κ1) is 23.2. The number of nitrogens with zero attached hydrogens (tertiary/aromatic N) is 4. The Balaban J connectivity index is 1.08. The van der Waals surface area contributed by atoms with Gasteiger partial charge in [0, 0.05) is 82.9 Å². The number of anilines is 2. The summed E-state index contributed by atoms with van der Waals surface area (Å²) < 4.78 is 0. The molecule has 4 fully saturated rings. The molecule has 2 aromatic carbocycles. The Kier molecular flexibility index (Phi) is 7.07. The molecule has 6 heteroatoms. The number of benzene rings is 2. The maximum Gasteiger partial charge on any atom is 0.251 e. The van der Waals surface area contributed by atoms with Crippen molar-refractivity contribution in [2.75, 3.05) is 76.3 Å². The molecule has 0 aliphatic carbocycles. The van der Waals surface area contributed by atoms with Crippen molar-refractivity contribution in [3.05, 3.63) is 60.2 Å². The van der Waals surface area contributed by atoms with Crippen LogP contribution >= 0.6 is 0 Å². The summed E-state index contributed by atoms with van der Waals surface area (Å²) in [6.45, 7) is 8.90. The highest BCUT2D eigenvalue weighted by Crippen LogP contribution is 2.36. The van der Waals surface area contributed by atoms with Crippen LogP contribution in [0.1, 0.15) is 23.2 Å². The number of hydrogen-bond donors (Lipinski definition) is 1. The van der Waals surface area contributed by atoms with Gasteiger partial charge in [-0.15, -0.1) is 0 Å².